The van der Waals surface area contributed by atoms with Gasteiger partial charge >= 0.3 is 0 Å². The van der Waals surface area contributed by atoms with Gasteiger partial charge in [-0.1, -0.05) is 29.8 Å². The minimum atomic E-state index is -0.132. The molecule has 0 heterocycles. The summed E-state index contributed by atoms with van der Waals surface area (Å²) in [6.45, 7) is 0.164. The maximum Gasteiger partial charge on any atom is 0.243 e. The van der Waals surface area contributed by atoms with Crippen molar-refractivity contribution in [2.24, 2.45) is 0 Å². The zero-order valence-corrected chi connectivity index (χ0v) is 14.2. The summed E-state index contributed by atoms with van der Waals surface area (Å²) in [5.41, 5.74) is 1.52. The molecule has 2 N–H and O–H groups in total. The number of halogens is 1. The van der Waals surface area contributed by atoms with Crippen LogP contribution in [-0.2, 0) is 4.79 Å². The summed E-state index contributed by atoms with van der Waals surface area (Å²) in [6, 6.07) is 14.8. The molecule has 3 rings (SSSR count). The van der Waals surface area contributed by atoms with Gasteiger partial charge in [0.25, 0.3) is 0 Å². The van der Waals surface area contributed by atoms with Crippen LogP contribution in [0.15, 0.2) is 48.5 Å². The molecule has 0 aromatic heterocycles. The normalized spacial score (nSPS) is 14.4. The van der Waals surface area contributed by atoms with Crippen LogP contribution in [0.2, 0.25) is 5.02 Å². The largest absolute Gasteiger partial charge is 0.488 e. The van der Waals surface area contributed by atoms with E-state index in [0.29, 0.717) is 10.7 Å². The van der Waals surface area contributed by atoms with Crippen molar-refractivity contribution >= 4 is 28.9 Å². The summed E-state index contributed by atoms with van der Waals surface area (Å²) in [6.07, 6.45) is 4.94. The Morgan fingerprint density at radius 2 is 1.92 bits per heavy atom. The lowest BCUT2D eigenvalue weighted by atomic mass is 10.2. The summed E-state index contributed by atoms with van der Waals surface area (Å²) >= 11 is 5.92. The van der Waals surface area contributed by atoms with Crippen molar-refractivity contribution in [3.05, 3.63) is 53.6 Å². The van der Waals surface area contributed by atoms with Gasteiger partial charge in [0.2, 0.25) is 5.91 Å². The Bertz CT molecular complexity index is 699. The summed E-state index contributed by atoms with van der Waals surface area (Å²) in [7, 11) is 0. The van der Waals surface area contributed by atoms with E-state index in [2.05, 4.69) is 10.6 Å². The van der Waals surface area contributed by atoms with Gasteiger partial charge in [-0.3, -0.25) is 4.79 Å². The van der Waals surface area contributed by atoms with E-state index in [1.807, 2.05) is 24.3 Å². The smallest absolute Gasteiger partial charge is 0.243 e. The molecule has 0 saturated heterocycles. The molecule has 126 valence electrons. The molecule has 2 aromatic carbocycles. The van der Waals surface area contributed by atoms with Crippen LogP contribution in [0.5, 0.6) is 5.75 Å². The zero-order chi connectivity index (χ0) is 16.8. The highest BCUT2D eigenvalue weighted by atomic mass is 35.5. The molecule has 0 unspecified atom stereocenters. The fourth-order valence-electron chi connectivity index (χ4n) is 2.85. The van der Waals surface area contributed by atoms with E-state index in [-0.39, 0.29) is 18.6 Å². The van der Waals surface area contributed by atoms with Crippen molar-refractivity contribution in [1.29, 1.82) is 0 Å². The first kappa shape index (κ1) is 16.7. The quantitative estimate of drug-likeness (QED) is 0.797. The third-order valence-corrected chi connectivity index (χ3v) is 4.27. The van der Waals surface area contributed by atoms with Crippen molar-refractivity contribution in [2.45, 2.75) is 31.8 Å². The van der Waals surface area contributed by atoms with Crippen LogP contribution in [0, 0.1) is 0 Å². The summed E-state index contributed by atoms with van der Waals surface area (Å²) in [5.74, 6) is 0.674. The zero-order valence-electron chi connectivity index (χ0n) is 13.4. The van der Waals surface area contributed by atoms with E-state index in [9.17, 15) is 4.79 Å². The van der Waals surface area contributed by atoms with Gasteiger partial charge in [0, 0.05) is 10.7 Å². The Morgan fingerprint density at radius 1 is 1.12 bits per heavy atom. The Balaban J connectivity index is 1.56. The summed E-state index contributed by atoms with van der Waals surface area (Å²) < 4.78 is 6.06. The molecule has 1 saturated carbocycles. The second-order valence-electron chi connectivity index (χ2n) is 5.93. The van der Waals surface area contributed by atoms with E-state index in [1.165, 1.54) is 12.8 Å². The van der Waals surface area contributed by atoms with Crippen LogP contribution in [0.1, 0.15) is 25.7 Å². The van der Waals surface area contributed by atoms with E-state index >= 15 is 0 Å². The van der Waals surface area contributed by atoms with Crippen LogP contribution >= 0.6 is 11.6 Å². The minimum absolute atomic E-state index is 0.132. The number of amides is 1. The fourth-order valence-corrected chi connectivity index (χ4v) is 3.04. The van der Waals surface area contributed by atoms with Gasteiger partial charge in [-0.15, -0.1) is 0 Å². The Labute approximate surface area is 147 Å². The second kappa shape index (κ2) is 8.06. The van der Waals surface area contributed by atoms with Gasteiger partial charge in [0.15, 0.2) is 0 Å². The maximum absolute atomic E-state index is 12.1. The third-order valence-electron chi connectivity index (χ3n) is 4.03. The lowest BCUT2D eigenvalue weighted by Crippen LogP contribution is -2.22. The molecule has 1 fully saturated rings. The fraction of sp³-hybridized carbons (Fsp3) is 0.316. The first-order chi connectivity index (χ1) is 11.7. The molecule has 0 spiro atoms. The van der Waals surface area contributed by atoms with Gasteiger partial charge in [0.05, 0.1) is 18.3 Å². The number of para-hydroxylation sites is 2. The van der Waals surface area contributed by atoms with Gasteiger partial charge in [-0.2, -0.15) is 0 Å². The topological polar surface area (TPSA) is 50.4 Å². The van der Waals surface area contributed by atoms with E-state index in [0.717, 1.165) is 24.3 Å². The lowest BCUT2D eigenvalue weighted by molar-refractivity contribution is -0.114. The van der Waals surface area contributed by atoms with E-state index in [4.69, 9.17) is 16.3 Å². The van der Waals surface area contributed by atoms with Crippen molar-refractivity contribution in [1.82, 2.24) is 0 Å². The number of benzene rings is 2. The highest BCUT2D eigenvalue weighted by Gasteiger charge is 2.17. The number of nitrogens with one attached hydrogen (secondary N) is 2. The molecule has 1 aliphatic rings. The molecule has 0 aliphatic heterocycles. The number of rotatable bonds is 6. The maximum atomic E-state index is 12.1. The molecule has 0 atom stereocenters. The predicted octanol–water partition coefficient (Wildman–Crippen LogP) is 4.71. The molecule has 4 nitrogen and oxygen atoms in total. The average molecular weight is 345 g/mol. The monoisotopic (exact) mass is 344 g/mol. The van der Waals surface area contributed by atoms with E-state index in [1.54, 1.807) is 24.3 Å². The number of hydrogen-bond donors (Lipinski definition) is 2. The van der Waals surface area contributed by atoms with Gasteiger partial charge in [-0.25, -0.2) is 0 Å². The van der Waals surface area contributed by atoms with Crippen molar-refractivity contribution in [3.63, 3.8) is 0 Å². The molecule has 0 radical (unpaired) electrons. The number of carbonyl (C=O) groups is 1. The first-order valence-corrected chi connectivity index (χ1v) is 8.63. The molecule has 2 aromatic rings. The minimum Gasteiger partial charge on any atom is -0.488 e. The molecule has 0 bridgehead atoms. The number of hydrogen-bond acceptors (Lipinski definition) is 3. The van der Waals surface area contributed by atoms with Crippen LogP contribution in [0.4, 0.5) is 11.4 Å². The molecule has 5 heteroatoms. The standard InChI is InChI=1S/C19H21ClN2O2/c20-14-6-5-7-15(12-14)22-19(23)13-21-17-10-3-4-11-18(17)24-16-8-1-2-9-16/h3-7,10-12,16,21H,1-2,8-9,13H2,(H,22,23). The number of anilines is 2. The lowest BCUT2D eigenvalue weighted by Gasteiger charge is -2.17. The number of ether oxygens (including phenoxy) is 1. The van der Waals surface area contributed by atoms with Crippen LogP contribution in [-0.4, -0.2) is 18.6 Å². The van der Waals surface area contributed by atoms with Crippen molar-refractivity contribution in [3.8, 4) is 5.75 Å². The summed E-state index contributed by atoms with van der Waals surface area (Å²) in [5, 5.41) is 6.56. The molecular formula is C19H21ClN2O2. The Kier molecular flexibility index (Phi) is 5.59. The first-order valence-electron chi connectivity index (χ1n) is 8.26. The van der Waals surface area contributed by atoms with Crippen molar-refractivity contribution in [2.75, 3.05) is 17.2 Å². The van der Waals surface area contributed by atoms with Crippen LogP contribution < -0.4 is 15.4 Å². The molecule has 1 aliphatic carbocycles. The van der Waals surface area contributed by atoms with E-state index < -0.39 is 0 Å². The highest BCUT2D eigenvalue weighted by molar-refractivity contribution is 6.30. The van der Waals surface area contributed by atoms with Gasteiger partial charge in [-0.05, 0) is 56.0 Å². The molecule has 24 heavy (non-hydrogen) atoms. The third kappa shape index (κ3) is 4.65. The molecule has 1 amide bonds. The predicted molar refractivity (Wildman–Crippen MR) is 97.9 cm³/mol. The Morgan fingerprint density at radius 3 is 2.71 bits per heavy atom. The Hall–Kier alpha value is -2.20. The SMILES string of the molecule is O=C(CNc1ccccc1OC1CCCC1)Nc1cccc(Cl)c1. The van der Waals surface area contributed by atoms with Gasteiger partial charge in [0.1, 0.15) is 5.75 Å². The summed E-state index contributed by atoms with van der Waals surface area (Å²) in [4.78, 5) is 12.1. The van der Waals surface area contributed by atoms with Gasteiger partial charge < -0.3 is 15.4 Å². The molecular weight excluding hydrogens is 324 g/mol. The highest BCUT2D eigenvalue weighted by Crippen LogP contribution is 2.29. The van der Waals surface area contributed by atoms with Crippen molar-refractivity contribution < 1.29 is 9.53 Å². The van der Waals surface area contributed by atoms with Crippen LogP contribution in [0.3, 0.4) is 0 Å². The number of carbonyl (C=O) groups excluding carboxylic acids is 1. The van der Waals surface area contributed by atoms with Crippen LogP contribution in [0.25, 0.3) is 0 Å². The average Bonchev–Trinajstić information content (AvgIpc) is 3.07. The second-order valence-corrected chi connectivity index (χ2v) is 6.37.